The van der Waals surface area contributed by atoms with Gasteiger partial charge in [0.15, 0.2) is 5.11 Å². The van der Waals surface area contributed by atoms with Crippen LogP contribution < -0.4 is 5.32 Å². The molecular formula is C17H22N2O4S. The number of nitrogens with one attached hydrogen (secondary N) is 1. The largest absolute Gasteiger partial charge is 0.464 e. The Morgan fingerprint density at radius 1 is 1.29 bits per heavy atom. The Hall–Kier alpha value is -1.99. The summed E-state index contributed by atoms with van der Waals surface area (Å²) < 4.78 is 10.4. The van der Waals surface area contributed by atoms with Gasteiger partial charge in [0.25, 0.3) is 0 Å². The molecule has 0 radical (unpaired) electrons. The summed E-state index contributed by atoms with van der Waals surface area (Å²) in [6.07, 6.45) is 0. The number of carbonyl (C=O) groups excluding carboxylic acids is 2. The molecule has 1 aromatic carbocycles. The fraction of sp³-hybridized carbons (Fsp3) is 0.471. The van der Waals surface area contributed by atoms with E-state index in [0.717, 1.165) is 5.56 Å². The lowest BCUT2D eigenvalue weighted by atomic mass is 9.82. The highest BCUT2D eigenvalue weighted by molar-refractivity contribution is 7.80. The molecule has 1 saturated heterocycles. The molecule has 1 atom stereocenters. The number of esters is 1. The number of hydrogen-bond acceptors (Lipinski definition) is 5. The topological polar surface area (TPSA) is 67.9 Å². The Bertz CT molecular complexity index is 602. The molecule has 0 bridgehead atoms. The molecule has 0 aliphatic carbocycles. The predicted octanol–water partition coefficient (Wildman–Crippen LogP) is 1.24. The zero-order valence-electron chi connectivity index (χ0n) is 13.9. The van der Waals surface area contributed by atoms with E-state index in [-0.39, 0.29) is 12.5 Å². The van der Waals surface area contributed by atoms with Crippen LogP contribution in [0.25, 0.3) is 0 Å². The first-order valence-corrected chi connectivity index (χ1v) is 8.21. The molecular weight excluding hydrogens is 328 g/mol. The van der Waals surface area contributed by atoms with Crippen molar-refractivity contribution in [2.75, 3.05) is 32.9 Å². The van der Waals surface area contributed by atoms with Crippen LogP contribution in [0, 0.1) is 0 Å². The highest BCUT2D eigenvalue weighted by Gasteiger charge is 2.37. The molecule has 1 aliphatic rings. The van der Waals surface area contributed by atoms with Crippen LogP contribution in [-0.2, 0) is 24.5 Å². The standard InChI is InChI=1S/C17H22N2O4S/c1-13(20)23-12-17(2,14-6-4-3-5-7-14)15(21)18-16(24)19-8-10-22-11-9-19/h3-7H,8-12H2,1-2H3,(H,18,21,24)/t17-/m1/s1. The lowest BCUT2D eigenvalue weighted by Gasteiger charge is -2.32. The number of ether oxygens (including phenoxy) is 2. The summed E-state index contributed by atoms with van der Waals surface area (Å²) in [6, 6.07) is 9.22. The average Bonchev–Trinajstić information content (AvgIpc) is 2.61. The van der Waals surface area contributed by atoms with E-state index in [1.165, 1.54) is 6.92 Å². The van der Waals surface area contributed by atoms with E-state index in [4.69, 9.17) is 21.7 Å². The normalized spacial score (nSPS) is 16.8. The lowest BCUT2D eigenvalue weighted by Crippen LogP contribution is -2.53. The van der Waals surface area contributed by atoms with E-state index >= 15 is 0 Å². The van der Waals surface area contributed by atoms with Gasteiger partial charge in [0.2, 0.25) is 5.91 Å². The molecule has 1 amide bonds. The van der Waals surface area contributed by atoms with Gasteiger partial charge in [-0.25, -0.2) is 0 Å². The Labute approximate surface area is 147 Å². The van der Waals surface area contributed by atoms with Crippen LogP contribution in [0.15, 0.2) is 30.3 Å². The second-order valence-corrected chi connectivity index (χ2v) is 6.22. The Morgan fingerprint density at radius 3 is 2.50 bits per heavy atom. The lowest BCUT2D eigenvalue weighted by molar-refractivity contribution is -0.144. The maximum Gasteiger partial charge on any atom is 0.302 e. The third-order valence-electron chi connectivity index (χ3n) is 3.99. The smallest absolute Gasteiger partial charge is 0.302 e. The van der Waals surface area contributed by atoms with Crippen LogP contribution in [0.3, 0.4) is 0 Å². The molecule has 7 heteroatoms. The second kappa shape index (κ2) is 8.21. The molecule has 1 fully saturated rings. The van der Waals surface area contributed by atoms with Crippen molar-refractivity contribution in [3.63, 3.8) is 0 Å². The number of nitrogens with zero attached hydrogens (tertiary/aromatic N) is 1. The van der Waals surface area contributed by atoms with Crippen LogP contribution in [0.5, 0.6) is 0 Å². The zero-order valence-corrected chi connectivity index (χ0v) is 14.7. The van der Waals surface area contributed by atoms with E-state index in [9.17, 15) is 9.59 Å². The minimum atomic E-state index is -1.02. The van der Waals surface area contributed by atoms with Crippen molar-refractivity contribution in [1.82, 2.24) is 10.2 Å². The average molecular weight is 350 g/mol. The van der Waals surface area contributed by atoms with Gasteiger partial charge in [-0.1, -0.05) is 30.3 Å². The van der Waals surface area contributed by atoms with Crippen molar-refractivity contribution < 1.29 is 19.1 Å². The van der Waals surface area contributed by atoms with Gasteiger partial charge < -0.3 is 19.7 Å². The molecule has 1 aromatic rings. The number of rotatable bonds is 4. The van der Waals surface area contributed by atoms with Gasteiger partial charge in [0.05, 0.1) is 13.2 Å². The number of amides is 1. The number of hydrogen-bond donors (Lipinski definition) is 1. The Morgan fingerprint density at radius 2 is 1.92 bits per heavy atom. The first-order valence-electron chi connectivity index (χ1n) is 7.80. The monoisotopic (exact) mass is 350 g/mol. The third kappa shape index (κ3) is 4.52. The van der Waals surface area contributed by atoms with Gasteiger partial charge in [-0.3, -0.25) is 9.59 Å². The molecule has 1 N–H and O–H groups in total. The summed E-state index contributed by atoms with van der Waals surface area (Å²) in [4.78, 5) is 26.0. The molecule has 130 valence electrons. The quantitative estimate of drug-likeness (QED) is 0.651. The number of thiocarbonyl (C=S) groups is 1. The fourth-order valence-electron chi connectivity index (χ4n) is 2.41. The van der Waals surface area contributed by atoms with Crippen LogP contribution in [0.4, 0.5) is 0 Å². The fourth-order valence-corrected chi connectivity index (χ4v) is 2.69. The first kappa shape index (κ1) is 18.4. The molecule has 1 heterocycles. The minimum absolute atomic E-state index is 0.0517. The third-order valence-corrected chi connectivity index (χ3v) is 4.36. The maximum atomic E-state index is 12.9. The second-order valence-electron chi connectivity index (χ2n) is 5.84. The maximum absolute atomic E-state index is 12.9. The van der Waals surface area contributed by atoms with E-state index in [1.807, 2.05) is 35.2 Å². The molecule has 1 aliphatic heterocycles. The van der Waals surface area contributed by atoms with Gasteiger partial charge >= 0.3 is 5.97 Å². The van der Waals surface area contributed by atoms with Gasteiger partial charge in [0, 0.05) is 20.0 Å². The molecule has 0 spiro atoms. The molecule has 6 nitrogen and oxygen atoms in total. The van der Waals surface area contributed by atoms with Gasteiger partial charge in [-0.15, -0.1) is 0 Å². The van der Waals surface area contributed by atoms with Crippen molar-refractivity contribution >= 4 is 29.2 Å². The summed E-state index contributed by atoms with van der Waals surface area (Å²) in [5, 5.41) is 3.15. The summed E-state index contributed by atoms with van der Waals surface area (Å²) in [6.45, 7) is 5.46. The van der Waals surface area contributed by atoms with Gasteiger partial charge in [-0.2, -0.15) is 0 Å². The van der Waals surface area contributed by atoms with Crippen LogP contribution in [0.2, 0.25) is 0 Å². The van der Waals surface area contributed by atoms with Gasteiger partial charge in [-0.05, 0) is 24.7 Å². The van der Waals surface area contributed by atoms with Crippen LogP contribution in [0.1, 0.15) is 19.4 Å². The molecule has 0 saturated carbocycles. The molecule has 24 heavy (non-hydrogen) atoms. The van der Waals surface area contributed by atoms with Crippen LogP contribution >= 0.6 is 12.2 Å². The van der Waals surface area contributed by atoms with E-state index in [1.54, 1.807) is 6.92 Å². The molecule has 2 rings (SSSR count). The SMILES string of the molecule is CC(=O)OC[C@@](C)(C(=O)NC(=S)N1CCOCC1)c1ccccc1. The van der Waals surface area contributed by atoms with E-state index < -0.39 is 11.4 Å². The summed E-state index contributed by atoms with van der Waals surface area (Å²) in [5.41, 5.74) is -0.267. The predicted molar refractivity (Wildman–Crippen MR) is 93.6 cm³/mol. The first-order chi connectivity index (χ1) is 11.4. The highest BCUT2D eigenvalue weighted by atomic mass is 32.1. The van der Waals surface area contributed by atoms with Crippen molar-refractivity contribution in [3.8, 4) is 0 Å². The molecule has 0 aromatic heterocycles. The van der Waals surface area contributed by atoms with E-state index in [0.29, 0.717) is 31.4 Å². The Kier molecular flexibility index (Phi) is 6.28. The van der Waals surface area contributed by atoms with Crippen molar-refractivity contribution in [3.05, 3.63) is 35.9 Å². The van der Waals surface area contributed by atoms with Crippen molar-refractivity contribution in [2.45, 2.75) is 19.3 Å². The number of carbonyl (C=O) groups is 2. The van der Waals surface area contributed by atoms with Crippen molar-refractivity contribution in [2.24, 2.45) is 0 Å². The zero-order chi connectivity index (χ0) is 17.6. The minimum Gasteiger partial charge on any atom is -0.464 e. The van der Waals surface area contributed by atoms with Crippen LogP contribution in [-0.4, -0.2) is 54.8 Å². The number of benzene rings is 1. The Balaban J connectivity index is 2.14. The number of morpholine rings is 1. The molecule has 0 unspecified atom stereocenters. The highest BCUT2D eigenvalue weighted by Crippen LogP contribution is 2.25. The summed E-state index contributed by atoms with van der Waals surface area (Å²) in [5.74, 6) is -0.729. The summed E-state index contributed by atoms with van der Waals surface area (Å²) in [7, 11) is 0. The van der Waals surface area contributed by atoms with Gasteiger partial charge in [0.1, 0.15) is 12.0 Å². The summed E-state index contributed by atoms with van der Waals surface area (Å²) >= 11 is 5.34. The van der Waals surface area contributed by atoms with E-state index in [2.05, 4.69) is 5.32 Å². The van der Waals surface area contributed by atoms with Crippen molar-refractivity contribution in [1.29, 1.82) is 0 Å².